The van der Waals surface area contributed by atoms with Gasteiger partial charge in [-0.2, -0.15) is 0 Å². The summed E-state index contributed by atoms with van der Waals surface area (Å²) < 4.78 is 39.5. The SMILES string of the molecule is CCOC(=O)c1ccc(NC(=O)CC(CNS(=O)(=O)c2ccc(Oc3ccccc3)cc2)c2ccccc2)cc1. The molecule has 4 aromatic carbocycles. The Kier molecular flexibility index (Phi) is 9.66. The number of amides is 1. The van der Waals surface area contributed by atoms with Gasteiger partial charge in [0.1, 0.15) is 11.5 Å². The van der Waals surface area contributed by atoms with Gasteiger partial charge in [0.25, 0.3) is 0 Å². The predicted molar refractivity (Wildman–Crippen MR) is 153 cm³/mol. The average Bonchev–Trinajstić information content (AvgIpc) is 2.97. The van der Waals surface area contributed by atoms with Gasteiger partial charge in [0.15, 0.2) is 0 Å². The number of ether oxygens (including phenoxy) is 2. The molecule has 0 radical (unpaired) electrons. The van der Waals surface area contributed by atoms with Crippen molar-refractivity contribution in [2.45, 2.75) is 24.2 Å². The Balaban J connectivity index is 1.40. The second-order valence-electron chi connectivity index (χ2n) is 8.90. The van der Waals surface area contributed by atoms with Crippen LogP contribution < -0.4 is 14.8 Å². The lowest BCUT2D eigenvalue weighted by atomic mass is 9.95. The highest BCUT2D eigenvalue weighted by Gasteiger charge is 2.21. The van der Waals surface area contributed by atoms with E-state index >= 15 is 0 Å². The van der Waals surface area contributed by atoms with E-state index in [0.717, 1.165) is 5.56 Å². The molecule has 0 spiro atoms. The van der Waals surface area contributed by atoms with Crippen LogP contribution >= 0.6 is 0 Å². The summed E-state index contributed by atoms with van der Waals surface area (Å²) in [7, 11) is -3.85. The Labute approximate surface area is 234 Å². The fraction of sp³-hybridized carbons (Fsp3) is 0.161. The van der Waals surface area contributed by atoms with Crippen molar-refractivity contribution in [1.29, 1.82) is 0 Å². The molecular weight excluding hydrogens is 528 g/mol. The number of rotatable bonds is 12. The molecule has 0 saturated carbocycles. The molecule has 1 unspecified atom stereocenters. The van der Waals surface area contributed by atoms with Gasteiger partial charge in [-0.25, -0.2) is 17.9 Å². The van der Waals surface area contributed by atoms with Gasteiger partial charge in [0.05, 0.1) is 17.1 Å². The minimum absolute atomic E-state index is 0.0177. The van der Waals surface area contributed by atoms with Crippen LogP contribution in [0.3, 0.4) is 0 Å². The number of sulfonamides is 1. The predicted octanol–water partition coefficient (Wildman–Crippen LogP) is 5.75. The second kappa shape index (κ2) is 13.5. The van der Waals surface area contributed by atoms with Crippen LogP contribution in [0.25, 0.3) is 0 Å². The molecule has 4 aromatic rings. The lowest BCUT2D eigenvalue weighted by Crippen LogP contribution is -2.30. The van der Waals surface area contributed by atoms with E-state index in [9.17, 15) is 18.0 Å². The van der Waals surface area contributed by atoms with Gasteiger partial charge in [-0.3, -0.25) is 4.79 Å². The number of hydrogen-bond donors (Lipinski definition) is 2. The minimum Gasteiger partial charge on any atom is -0.462 e. The molecule has 0 bridgehead atoms. The molecule has 0 aliphatic rings. The Bertz CT molecular complexity index is 1510. The summed E-state index contributed by atoms with van der Waals surface area (Å²) >= 11 is 0. The van der Waals surface area contributed by atoms with E-state index in [-0.39, 0.29) is 30.4 Å². The summed E-state index contributed by atoms with van der Waals surface area (Å²) in [5.74, 6) is 0.0133. The molecule has 9 heteroatoms. The van der Waals surface area contributed by atoms with Gasteiger partial charge < -0.3 is 14.8 Å². The van der Waals surface area contributed by atoms with E-state index in [1.165, 1.54) is 12.1 Å². The Morgan fingerprint density at radius 2 is 1.38 bits per heavy atom. The molecule has 206 valence electrons. The molecule has 0 aliphatic carbocycles. The van der Waals surface area contributed by atoms with Gasteiger partial charge >= 0.3 is 5.97 Å². The first-order chi connectivity index (χ1) is 19.3. The maximum atomic E-state index is 13.1. The zero-order chi connectivity index (χ0) is 28.4. The maximum Gasteiger partial charge on any atom is 0.338 e. The number of carbonyl (C=O) groups excluding carboxylic acids is 2. The van der Waals surface area contributed by atoms with Crippen LogP contribution in [0, 0.1) is 0 Å². The number of esters is 1. The fourth-order valence-corrected chi connectivity index (χ4v) is 5.06. The van der Waals surface area contributed by atoms with Crippen molar-refractivity contribution in [2.75, 3.05) is 18.5 Å². The highest BCUT2D eigenvalue weighted by Crippen LogP contribution is 2.24. The van der Waals surface area contributed by atoms with Crippen molar-refractivity contribution in [3.8, 4) is 11.5 Å². The van der Waals surface area contributed by atoms with Crippen molar-refractivity contribution >= 4 is 27.6 Å². The molecule has 8 nitrogen and oxygen atoms in total. The topological polar surface area (TPSA) is 111 Å². The molecule has 1 atom stereocenters. The summed E-state index contributed by atoms with van der Waals surface area (Å²) in [6.45, 7) is 2.02. The summed E-state index contributed by atoms with van der Waals surface area (Å²) in [6.07, 6.45) is 0.0377. The molecule has 0 aliphatic heterocycles. The smallest absolute Gasteiger partial charge is 0.338 e. The van der Waals surface area contributed by atoms with E-state index in [2.05, 4.69) is 10.0 Å². The van der Waals surface area contributed by atoms with Crippen molar-refractivity contribution < 1.29 is 27.5 Å². The molecular formula is C31H30N2O6S. The molecule has 40 heavy (non-hydrogen) atoms. The third-order valence-electron chi connectivity index (χ3n) is 6.02. The van der Waals surface area contributed by atoms with Gasteiger partial charge in [0.2, 0.25) is 15.9 Å². The fourth-order valence-electron chi connectivity index (χ4n) is 3.98. The molecule has 1 amide bonds. The molecule has 2 N–H and O–H groups in total. The van der Waals surface area contributed by atoms with Gasteiger partial charge in [-0.1, -0.05) is 48.5 Å². The first-order valence-corrected chi connectivity index (χ1v) is 14.3. The van der Waals surface area contributed by atoms with Crippen LogP contribution in [-0.4, -0.2) is 33.4 Å². The number of hydrogen-bond acceptors (Lipinski definition) is 6. The Hall–Kier alpha value is -4.47. The van der Waals surface area contributed by atoms with E-state index in [1.807, 2.05) is 60.7 Å². The van der Waals surface area contributed by atoms with Crippen LogP contribution in [0.5, 0.6) is 11.5 Å². The maximum absolute atomic E-state index is 13.1. The molecule has 0 saturated heterocycles. The summed E-state index contributed by atoms with van der Waals surface area (Å²) in [5, 5.41) is 2.81. The van der Waals surface area contributed by atoms with E-state index in [0.29, 0.717) is 22.7 Å². The van der Waals surface area contributed by atoms with Crippen LogP contribution in [0.1, 0.15) is 35.2 Å². The number of para-hydroxylation sites is 1. The van der Waals surface area contributed by atoms with Gasteiger partial charge in [-0.05, 0) is 73.2 Å². The lowest BCUT2D eigenvalue weighted by Gasteiger charge is -2.18. The monoisotopic (exact) mass is 558 g/mol. The average molecular weight is 559 g/mol. The highest BCUT2D eigenvalue weighted by atomic mass is 32.2. The van der Waals surface area contributed by atoms with E-state index < -0.39 is 21.9 Å². The lowest BCUT2D eigenvalue weighted by molar-refractivity contribution is -0.116. The summed E-state index contributed by atoms with van der Waals surface area (Å²) in [5.41, 5.74) is 1.73. The standard InChI is InChI=1S/C31H30N2O6S/c1-2-38-31(35)24-13-15-26(16-14-24)33-30(34)21-25(23-9-5-3-6-10-23)22-32-40(36,37)29-19-17-28(18-20-29)39-27-11-7-4-8-12-27/h3-20,25,32H,2,21-22H2,1H3,(H,33,34). The number of benzene rings is 4. The van der Waals surface area contributed by atoms with Crippen LogP contribution in [0.4, 0.5) is 5.69 Å². The quantitative estimate of drug-likeness (QED) is 0.214. The van der Waals surface area contributed by atoms with E-state index in [1.54, 1.807) is 43.3 Å². The molecule has 4 rings (SSSR count). The van der Waals surface area contributed by atoms with Crippen LogP contribution in [0.15, 0.2) is 114 Å². The number of anilines is 1. The summed E-state index contributed by atoms with van der Waals surface area (Å²) in [6, 6.07) is 31.0. The second-order valence-corrected chi connectivity index (χ2v) is 10.7. The largest absolute Gasteiger partial charge is 0.462 e. The normalized spacial score (nSPS) is 11.8. The zero-order valence-electron chi connectivity index (χ0n) is 21.9. The Morgan fingerprint density at radius 1 is 0.775 bits per heavy atom. The summed E-state index contributed by atoms with van der Waals surface area (Å²) in [4.78, 5) is 24.8. The zero-order valence-corrected chi connectivity index (χ0v) is 22.8. The number of carbonyl (C=O) groups is 2. The third kappa shape index (κ3) is 8.02. The van der Waals surface area contributed by atoms with Gasteiger partial charge in [-0.15, -0.1) is 0 Å². The number of nitrogens with one attached hydrogen (secondary N) is 2. The van der Waals surface area contributed by atoms with E-state index in [4.69, 9.17) is 9.47 Å². The molecule has 0 aromatic heterocycles. The highest BCUT2D eigenvalue weighted by molar-refractivity contribution is 7.89. The van der Waals surface area contributed by atoms with Crippen molar-refractivity contribution in [2.24, 2.45) is 0 Å². The molecule has 0 fully saturated rings. The van der Waals surface area contributed by atoms with Crippen LogP contribution in [0.2, 0.25) is 0 Å². The third-order valence-corrected chi connectivity index (χ3v) is 7.45. The van der Waals surface area contributed by atoms with Crippen molar-refractivity contribution in [3.05, 3.63) is 120 Å². The Morgan fingerprint density at radius 3 is 2.00 bits per heavy atom. The first kappa shape index (κ1) is 28.5. The van der Waals surface area contributed by atoms with Gasteiger partial charge in [0, 0.05) is 24.6 Å². The minimum atomic E-state index is -3.85. The molecule has 0 heterocycles. The van der Waals surface area contributed by atoms with Crippen LogP contribution in [-0.2, 0) is 19.6 Å². The van der Waals surface area contributed by atoms with Crippen molar-refractivity contribution in [3.63, 3.8) is 0 Å². The van der Waals surface area contributed by atoms with Crippen molar-refractivity contribution in [1.82, 2.24) is 4.72 Å². The first-order valence-electron chi connectivity index (χ1n) is 12.8.